The molecule has 0 N–H and O–H groups in total. The molecule has 1 heterocycles. The van der Waals surface area contributed by atoms with Gasteiger partial charge in [-0.3, -0.25) is 4.79 Å². The molecule has 0 radical (unpaired) electrons. The van der Waals surface area contributed by atoms with Gasteiger partial charge in [-0.2, -0.15) is 0 Å². The molecule has 1 aromatic rings. The van der Waals surface area contributed by atoms with Crippen LogP contribution in [-0.2, 0) is 11.3 Å². The lowest BCUT2D eigenvalue weighted by molar-refractivity contribution is -0.942. The Morgan fingerprint density at radius 3 is 2.30 bits per heavy atom. The molecule has 1 fully saturated rings. The maximum Gasteiger partial charge on any atom is 0.222 e. The molecule has 110 valence electrons. The van der Waals surface area contributed by atoms with E-state index < -0.39 is 0 Å². The van der Waals surface area contributed by atoms with E-state index in [0.29, 0.717) is 6.42 Å². The van der Waals surface area contributed by atoms with E-state index in [-0.39, 0.29) is 11.7 Å². The molecule has 0 bridgehead atoms. The molecular formula is C16H24FN2O+. The van der Waals surface area contributed by atoms with Crippen molar-refractivity contribution in [2.24, 2.45) is 0 Å². The van der Waals surface area contributed by atoms with Gasteiger partial charge >= 0.3 is 0 Å². The molecule has 0 aromatic heterocycles. The fourth-order valence-electron chi connectivity index (χ4n) is 2.93. The van der Waals surface area contributed by atoms with E-state index in [4.69, 9.17) is 0 Å². The Morgan fingerprint density at radius 1 is 1.20 bits per heavy atom. The topological polar surface area (TPSA) is 20.3 Å². The lowest BCUT2D eigenvalue weighted by Crippen LogP contribution is -2.59. The van der Waals surface area contributed by atoms with Gasteiger partial charge in [-0.25, -0.2) is 4.39 Å². The second-order valence-corrected chi connectivity index (χ2v) is 5.62. The highest BCUT2D eigenvalue weighted by Crippen LogP contribution is 2.19. The van der Waals surface area contributed by atoms with Crippen LogP contribution < -0.4 is 0 Å². The first kappa shape index (κ1) is 15.0. The summed E-state index contributed by atoms with van der Waals surface area (Å²) in [6.45, 7) is 9.72. The molecule has 0 atom stereocenters. The Labute approximate surface area is 120 Å². The van der Waals surface area contributed by atoms with Crippen LogP contribution in [0.3, 0.4) is 0 Å². The summed E-state index contributed by atoms with van der Waals surface area (Å²) in [7, 11) is 0. The van der Waals surface area contributed by atoms with E-state index in [1.54, 1.807) is 0 Å². The van der Waals surface area contributed by atoms with Crippen molar-refractivity contribution < 1.29 is 13.7 Å². The monoisotopic (exact) mass is 279 g/mol. The Kier molecular flexibility index (Phi) is 4.76. The molecule has 1 aromatic carbocycles. The van der Waals surface area contributed by atoms with Crippen LogP contribution >= 0.6 is 0 Å². The van der Waals surface area contributed by atoms with Crippen LogP contribution in [-0.4, -0.2) is 48.0 Å². The minimum atomic E-state index is -0.185. The van der Waals surface area contributed by atoms with Crippen LogP contribution in [0.4, 0.5) is 4.39 Å². The number of carbonyl (C=O) groups excluding carboxylic acids is 1. The fourth-order valence-corrected chi connectivity index (χ4v) is 2.93. The average molecular weight is 279 g/mol. The van der Waals surface area contributed by atoms with Gasteiger partial charge in [-0.1, -0.05) is 19.1 Å². The summed E-state index contributed by atoms with van der Waals surface area (Å²) in [5, 5.41) is 0. The molecule has 1 aliphatic rings. The third-order valence-electron chi connectivity index (χ3n) is 4.45. The Hall–Kier alpha value is -1.42. The normalized spacial score (nSPS) is 18.1. The van der Waals surface area contributed by atoms with Crippen molar-refractivity contribution in [2.75, 3.05) is 32.7 Å². The van der Waals surface area contributed by atoms with E-state index in [0.717, 1.165) is 43.8 Å². The first-order valence-electron chi connectivity index (χ1n) is 7.46. The lowest BCUT2D eigenvalue weighted by Gasteiger charge is -2.44. The minimum absolute atomic E-state index is 0.185. The molecule has 3 nitrogen and oxygen atoms in total. The highest BCUT2D eigenvalue weighted by molar-refractivity contribution is 5.75. The van der Waals surface area contributed by atoms with E-state index >= 15 is 0 Å². The number of hydrogen-bond acceptors (Lipinski definition) is 1. The highest BCUT2D eigenvalue weighted by Gasteiger charge is 2.32. The summed E-state index contributed by atoms with van der Waals surface area (Å²) in [6.07, 6.45) is 0.587. The zero-order valence-electron chi connectivity index (χ0n) is 12.4. The summed E-state index contributed by atoms with van der Waals surface area (Å²) in [5.74, 6) is 0.0656. The number of hydrogen-bond donors (Lipinski definition) is 0. The van der Waals surface area contributed by atoms with E-state index in [9.17, 15) is 9.18 Å². The van der Waals surface area contributed by atoms with Gasteiger partial charge in [0.05, 0.1) is 32.7 Å². The smallest absolute Gasteiger partial charge is 0.222 e. The zero-order valence-corrected chi connectivity index (χ0v) is 12.4. The summed E-state index contributed by atoms with van der Waals surface area (Å²) >= 11 is 0. The third kappa shape index (κ3) is 3.37. The van der Waals surface area contributed by atoms with Crippen molar-refractivity contribution >= 4 is 5.91 Å². The first-order valence-corrected chi connectivity index (χ1v) is 7.46. The van der Waals surface area contributed by atoms with Crippen LogP contribution in [0, 0.1) is 5.82 Å². The standard InChI is InChI=1S/C16H24FN2O/c1-3-16(20)18-9-11-19(4-2,12-10-18)13-14-5-7-15(17)8-6-14/h5-8H,3-4,9-13H2,1-2H3/q+1. The van der Waals surface area contributed by atoms with Crippen molar-refractivity contribution in [3.63, 3.8) is 0 Å². The maximum atomic E-state index is 13.0. The zero-order chi connectivity index (χ0) is 14.6. The number of likely N-dealkylation sites (N-methyl/N-ethyl adjacent to an activating group) is 1. The molecular weight excluding hydrogens is 255 g/mol. The molecule has 0 aliphatic carbocycles. The number of halogens is 1. The average Bonchev–Trinajstić information content (AvgIpc) is 2.49. The predicted molar refractivity (Wildman–Crippen MR) is 77.5 cm³/mol. The van der Waals surface area contributed by atoms with E-state index in [1.807, 2.05) is 24.0 Å². The number of rotatable bonds is 4. The number of benzene rings is 1. The van der Waals surface area contributed by atoms with Crippen LogP contribution in [0.15, 0.2) is 24.3 Å². The van der Waals surface area contributed by atoms with Crippen molar-refractivity contribution in [3.05, 3.63) is 35.6 Å². The maximum absolute atomic E-state index is 13.0. The van der Waals surface area contributed by atoms with Gasteiger partial charge in [0.1, 0.15) is 12.4 Å². The van der Waals surface area contributed by atoms with Crippen molar-refractivity contribution in [1.29, 1.82) is 0 Å². The number of carbonyl (C=O) groups is 1. The van der Waals surface area contributed by atoms with E-state index in [1.165, 1.54) is 17.7 Å². The van der Waals surface area contributed by atoms with Crippen molar-refractivity contribution in [1.82, 2.24) is 4.90 Å². The number of piperazine rings is 1. The number of amides is 1. The highest BCUT2D eigenvalue weighted by atomic mass is 19.1. The summed E-state index contributed by atoms with van der Waals surface area (Å²) in [5.41, 5.74) is 1.17. The second-order valence-electron chi connectivity index (χ2n) is 5.62. The summed E-state index contributed by atoms with van der Waals surface area (Å²) in [6, 6.07) is 6.79. The van der Waals surface area contributed by atoms with Crippen LogP contribution in [0.25, 0.3) is 0 Å². The predicted octanol–water partition coefficient (Wildman–Crippen LogP) is 2.41. The first-order chi connectivity index (χ1) is 9.58. The second kappa shape index (κ2) is 6.35. The van der Waals surface area contributed by atoms with Crippen molar-refractivity contribution in [3.8, 4) is 0 Å². The van der Waals surface area contributed by atoms with Crippen LogP contribution in [0.2, 0.25) is 0 Å². The number of nitrogens with zero attached hydrogens (tertiary/aromatic N) is 2. The number of quaternary nitrogens is 1. The quantitative estimate of drug-likeness (QED) is 0.775. The van der Waals surface area contributed by atoms with Gasteiger partial charge in [-0.05, 0) is 19.1 Å². The molecule has 1 aliphatic heterocycles. The Balaban J connectivity index is 2.01. The molecule has 4 heteroatoms. The SMILES string of the molecule is CCC(=O)N1CC[N+](CC)(Cc2ccc(F)cc2)CC1. The molecule has 0 spiro atoms. The summed E-state index contributed by atoms with van der Waals surface area (Å²) in [4.78, 5) is 13.7. The molecule has 0 saturated carbocycles. The van der Waals surface area contributed by atoms with Gasteiger partial charge in [0.2, 0.25) is 5.91 Å². The van der Waals surface area contributed by atoms with E-state index in [2.05, 4.69) is 6.92 Å². The van der Waals surface area contributed by atoms with Gasteiger partial charge in [0.15, 0.2) is 0 Å². The Morgan fingerprint density at radius 2 is 1.80 bits per heavy atom. The van der Waals surface area contributed by atoms with Gasteiger partial charge in [0.25, 0.3) is 0 Å². The fraction of sp³-hybridized carbons (Fsp3) is 0.562. The lowest BCUT2D eigenvalue weighted by atomic mass is 10.1. The Bertz CT molecular complexity index is 450. The molecule has 1 amide bonds. The summed E-state index contributed by atoms with van der Waals surface area (Å²) < 4.78 is 14.0. The van der Waals surface area contributed by atoms with Gasteiger partial charge < -0.3 is 9.38 Å². The molecule has 1 saturated heterocycles. The van der Waals surface area contributed by atoms with Gasteiger partial charge in [-0.15, -0.1) is 0 Å². The molecule has 20 heavy (non-hydrogen) atoms. The molecule has 0 unspecified atom stereocenters. The third-order valence-corrected chi connectivity index (χ3v) is 4.45. The van der Waals surface area contributed by atoms with Crippen LogP contribution in [0.1, 0.15) is 25.8 Å². The molecule has 2 rings (SSSR count). The van der Waals surface area contributed by atoms with Crippen LogP contribution in [0.5, 0.6) is 0 Å². The largest absolute Gasteiger partial charge is 0.331 e. The van der Waals surface area contributed by atoms with Gasteiger partial charge in [0, 0.05) is 12.0 Å². The minimum Gasteiger partial charge on any atom is -0.331 e. The van der Waals surface area contributed by atoms with Crippen molar-refractivity contribution in [2.45, 2.75) is 26.8 Å².